The van der Waals surface area contributed by atoms with Crippen molar-refractivity contribution in [3.05, 3.63) is 72.1 Å². The largest absolute Gasteiger partial charge is 0.359 e. The number of aryl methyl sites for hydroxylation is 2. The molecular weight excluding hydrogens is 474 g/mol. The van der Waals surface area contributed by atoms with Gasteiger partial charge in [-0.3, -0.25) is 0 Å². The molecule has 3 N–H and O–H groups in total. The highest BCUT2D eigenvalue weighted by molar-refractivity contribution is 7.00. The van der Waals surface area contributed by atoms with Crippen LogP contribution in [0.2, 0.25) is 0 Å². The molecule has 9 heteroatoms. The summed E-state index contributed by atoms with van der Waals surface area (Å²) in [5.41, 5.74) is 14.1. The summed E-state index contributed by atoms with van der Waals surface area (Å²) in [7, 11) is 0. The summed E-state index contributed by atoms with van der Waals surface area (Å²) in [6, 6.07) is 20.9. The highest BCUT2D eigenvalue weighted by Gasteiger charge is 2.18. The molecule has 0 unspecified atom stereocenters. The maximum Gasteiger partial charge on any atom is 0.114 e. The summed E-state index contributed by atoms with van der Waals surface area (Å²) in [5, 5.41) is 0. The number of rotatable bonds is 4. The van der Waals surface area contributed by atoms with Crippen LogP contribution in [0, 0.1) is 13.8 Å². The summed E-state index contributed by atoms with van der Waals surface area (Å²) >= 11 is 2.47. The van der Waals surface area contributed by atoms with Crippen LogP contribution in [0.5, 0.6) is 0 Å². The standard InChI is InChI=1S/C26H19N7S2/c1-13-3-9-19(27-13)15-5-7-17(25-23(15)30-34-32-25)21-11-12-22(29-21)18-8-6-16(20-10-4-14(2)28-20)24-26(18)33-35-31-24/h3-12,27-29H,1-2H3. The van der Waals surface area contributed by atoms with Gasteiger partial charge in [0.05, 0.1) is 23.5 Å². The second kappa shape index (κ2) is 7.72. The number of benzene rings is 2. The molecule has 0 aliphatic carbocycles. The predicted molar refractivity (Wildman–Crippen MR) is 143 cm³/mol. The minimum Gasteiger partial charge on any atom is -0.359 e. The number of hydrogen-bond donors (Lipinski definition) is 3. The first-order valence-electron chi connectivity index (χ1n) is 11.2. The summed E-state index contributed by atoms with van der Waals surface area (Å²) < 4.78 is 18.5. The van der Waals surface area contributed by atoms with E-state index < -0.39 is 0 Å². The Hall–Kier alpha value is -4.08. The van der Waals surface area contributed by atoms with Crippen molar-refractivity contribution < 1.29 is 0 Å². The molecule has 0 fully saturated rings. The van der Waals surface area contributed by atoms with E-state index in [9.17, 15) is 0 Å². The summed E-state index contributed by atoms with van der Waals surface area (Å²) in [6.07, 6.45) is 0. The average molecular weight is 494 g/mol. The average Bonchev–Trinajstić information content (AvgIpc) is 3.68. The van der Waals surface area contributed by atoms with Crippen LogP contribution >= 0.6 is 23.5 Å². The quantitative estimate of drug-likeness (QED) is 0.247. The molecule has 0 saturated heterocycles. The Labute approximate surface area is 208 Å². The van der Waals surface area contributed by atoms with Gasteiger partial charge in [0, 0.05) is 56.4 Å². The van der Waals surface area contributed by atoms with E-state index in [0.717, 1.165) is 78.5 Å². The fraction of sp³-hybridized carbons (Fsp3) is 0.0769. The predicted octanol–water partition coefficient (Wildman–Crippen LogP) is 6.97. The van der Waals surface area contributed by atoms with Crippen LogP contribution in [0.1, 0.15) is 11.4 Å². The van der Waals surface area contributed by atoms with Crippen LogP contribution in [-0.2, 0) is 0 Å². The second-order valence-corrected chi connectivity index (χ2v) is 9.70. The van der Waals surface area contributed by atoms with E-state index >= 15 is 0 Å². The van der Waals surface area contributed by atoms with Gasteiger partial charge in [-0.2, -0.15) is 17.5 Å². The minimum absolute atomic E-state index is 0.895. The van der Waals surface area contributed by atoms with Crippen molar-refractivity contribution in [2.24, 2.45) is 0 Å². The Morgan fingerprint density at radius 2 is 0.743 bits per heavy atom. The first-order valence-corrected chi connectivity index (χ1v) is 12.6. The fourth-order valence-corrected chi connectivity index (χ4v) is 5.78. The number of hydrogen-bond acceptors (Lipinski definition) is 6. The van der Waals surface area contributed by atoms with Gasteiger partial charge in [-0.25, -0.2) is 0 Å². The number of aromatic amines is 3. The zero-order valence-corrected chi connectivity index (χ0v) is 20.5. The SMILES string of the molecule is Cc1ccc(-c2ccc(-c3ccc(-c4ccc(-c5ccc(C)[nH]5)c5nsnc45)[nH]3)c3nsnc23)[nH]1. The fourth-order valence-electron chi connectivity index (χ4n) is 4.63. The molecule has 2 aromatic carbocycles. The second-order valence-electron chi connectivity index (χ2n) is 8.64. The van der Waals surface area contributed by atoms with Crippen molar-refractivity contribution in [2.75, 3.05) is 0 Å². The summed E-state index contributed by atoms with van der Waals surface area (Å²) in [4.78, 5) is 10.4. The summed E-state index contributed by atoms with van der Waals surface area (Å²) in [6.45, 7) is 4.10. The van der Waals surface area contributed by atoms with Gasteiger partial charge in [0.1, 0.15) is 22.1 Å². The third-order valence-corrected chi connectivity index (χ3v) is 7.40. The van der Waals surface area contributed by atoms with Crippen molar-refractivity contribution in [2.45, 2.75) is 13.8 Å². The van der Waals surface area contributed by atoms with Gasteiger partial charge in [-0.1, -0.05) is 0 Å². The molecule has 0 atom stereocenters. The van der Waals surface area contributed by atoms with Crippen LogP contribution in [0.3, 0.4) is 0 Å². The zero-order valence-electron chi connectivity index (χ0n) is 18.9. The molecule has 0 radical (unpaired) electrons. The lowest BCUT2D eigenvalue weighted by Gasteiger charge is -2.06. The minimum atomic E-state index is 0.895. The maximum atomic E-state index is 4.63. The summed E-state index contributed by atoms with van der Waals surface area (Å²) in [5.74, 6) is 0. The highest BCUT2D eigenvalue weighted by atomic mass is 32.1. The van der Waals surface area contributed by atoms with Crippen molar-refractivity contribution in [1.82, 2.24) is 32.4 Å². The lowest BCUT2D eigenvalue weighted by atomic mass is 10.0. The molecule has 0 bridgehead atoms. The van der Waals surface area contributed by atoms with Gasteiger partial charge in [-0.15, -0.1) is 0 Å². The molecule has 7 nitrogen and oxygen atoms in total. The van der Waals surface area contributed by atoms with Crippen molar-refractivity contribution in [3.8, 4) is 45.0 Å². The maximum absolute atomic E-state index is 4.63. The van der Waals surface area contributed by atoms with Crippen molar-refractivity contribution >= 4 is 45.5 Å². The molecule has 0 aliphatic rings. The van der Waals surface area contributed by atoms with E-state index in [0.29, 0.717) is 0 Å². The van der Waals surface area contributed by atoms with Crippen molar-refractivity contribution in [1.29, 1.82) is 0 Å². The third kappa shape index (κ3) is 3.23. The Bertz CT molecular complexity index is 1710. The monoisotopic (exact) mass is 493 g/mol. The zero-order chi connectivity index (χ0) is 23.5. The lowest BCUT2D eigenvalue weighted by Crippen LogP contribution is -1.88. The Kier molecular flexibility index (Phi) is 4.48. The molecule has 0 amide bonds. The van der Waals surface area contributed by atoms with Gasteiger partial charge in [0.2, 0.25) is 0 Å². The molecule has 0 spiro atoms. The lowest BCUT2D eigenvalue weighted by molar-refractivity contribution is 1.27. The van der Waals surface area contributed by atoms with E-state index in [1.54, 1.807) is 0 Å². The Morgan fingerprint density at radius 1 is 0.429 bits per heavy atom. The van der Waals surface area contributed by atoms with E-state index in [2.05, 4.69) is 107 Å². The molecule has 7 rings (SSSR count). The normalized spacial score (nSPS) is 11.7. The molecule has 0 aliphatic heterocycles. The number of fused-ring (bicyclic) bond motifs is 2. The van der Waals surface area contributed by atoms with E-state index in [1.807, 2.05) is 0 Å². The van der Waals surface area contributed by atoms with Gasteiger partial charge in [0.25, 0.3) is 0 Å². The van der Waals surface area contributed by atoms with Crippen LogP contribution in [-0.4, -0.2) is 32.4 Å². The van der Waals surface area contributed by atoms with E-state index in [-0.39, 0.29) is 0 Å². The topological polar surface area (TPSA) is 98.9 Å². The van der Waals surface area contributed by atoms with Gasteiger partial charge < -0.3 is 15.0 Å². The van der Waals surface area contributed by atoms with Gasteiger partial charge >= 0.3 is 0 Å². The smallest absolute Gasteiger partial charge is 0.114 e. The molecule has 5 aromatic heterocycles. The first kappa shape index (κ1) is 20.3. The van der Waals surface area contributed by atoms with E-state index in [1.165, 1.54) is 23.5 Å². The number of nitrogens with one attached hydrogen (secondary N) is 3. The number of H-pyrrole nitrogens is 3. The van der Waals surface area contributed by atoms with Crippen molar-refractivity contribution in [3.63, 3.8) is 0 Å². The van der Waals surface area contributed by atoms with Crippen LogP contribution < -0.4 is 0 Å². The highest BCUT2D eigenvalue weighted by Crippen LogP contribution is 2.37. The van der Waals surface area contributed by atoms with E-state index in [4.69, 9.17) is 0 Å². The molecule has 7 aromatic rings. The number of nitrogens with zero attached hydrogens (tertiary/aromatic N) is 4. The van der Waals surface area contributed by atoms with Crippen LogP contribution in [0.15, 0.2) is 60.7 Å². The first-order chi connectivity index (χ1) is 17.2. The molecule has 35 heavy (non-hydrogen) atoms. The van der Waals surface area contributed by atoms with Crippen LogP contribution in [0.25, 0.3) is 67.1 Å². The molecule has 170 valence electrons. The van der Waals surface area contributed by atoms with Crippen LogP contribution in [0.4, 0.5) is 0 Å². The molecule has 0 saturated carbocycles. The third-order valence-electron chi connectivity index (χ3n) is 6.34. The van der Waals surface area contributed by atoms with Gasteiger partial charge in [-0.05, 0) is 74.5 Å². The molecule has 5 heterocycles. The Balaban J connectivity index is 1.32. The number of aromatic nitrogens is 7. The van der Waals surface area contributed by atoms with Gasteiger partial charge in [0.15, 0.2) is 0 Å². The Morgan fingerprint density at radius 3 is 1.06 bits per heavy atom. The molecular formula is C26H19N7S2.